The number of carboxylic acids is 1. The molecule has 0 radical (unpaired) electrons. The molecule has 0 bridgehead atoms. The molecule has 4 N–H and O–H groups in total. The fourth-order valence-electron chi connectivity index (χ4n) is 3.69. The zero-order valence-corrected chi connectivity index (χ0v) is 21.8. The number of nitrogens with two attached hydrogens (primary N) is 1. The number of nitrogens with one attached hydrogen (secondary N) is 1. The Balaban J connectivity index is 1.45. The van der Waals surface area contributed by atoms with E-state index in [1.807, 2.05) is 42.1 Å². The van der Waals surface area contributed by atoms with Gasteiger partial charge in [0.05, 0.1) is 6.04 Å². The Morgan fingerprint density at radius 2 is 2.30 bits per heavy atom. The summed E-state index contributed by atoms with van der Waals surface area (Å²) in [6.45, 7) is -1.27. The van der Waals surface area contributed by atoms with Gasteiger partial charge in [-0.1, -0.05) is 23.0 Å². The second kappa shape index (κ2) is 11.7. The molecule has 15 heteroatoms. The maximum absolute atomic E-state index is 12.9. The Kier molecular flexibility index (Phi) is 8.45. The number of aliphatic carboxylic acids is 1. The van der Waals surface area contributed by atoms with Crippen molar-refractivity contribution in [1.29, 1.82) is 0 Å². The normalized spacial score (nSPS) is 19.6. The van der Waals surface area contributed by atoms with Crippen LogP contribution in [-0.2, 0) is 26.3 Å². The predicted molar refractivity (Wildman–Crippen MR) is 137 cm³/mol. The summed E-state index contributed by atoms with van der Waals surface area (Å²) in [5.41, 5.74) is 5.19. The Hall–Kier alpha value is -3.43. The van der Waals surface area contributed by atoms with E-state index >= 15 is 0 Å². The summed E-state index contributed by atoms with van der Waals surface area (Å²) in [5, 5.41) is 18.5. The van der Waals surface area contributed by atoms with Crippen LogP contribution in [0.5, 0.6) is 0 Å². The van der Waals surface area contributed by atoms with Crippen LogP contribution in [0, 0.1) is 0 Å². The van der Waals surface area contributed by atoms with Crippen LogP contribution in [0.25, 0.3) is 0 Å². The number of nitrogens with zero attached hydrogens (tertiary/aromatic N) is 4. The number of allylic oxidation sites excluding steroid dienone is 1. The molecular formula is C22H22FN6O5S3+. The lowest BCUT2D eigenvalue weighted by molar-refractivity contribution is -0.708. The highest BCUT2D eigenvalue weighted by Gasteiger charge is 2.54. The molecule has 0 aromatic carbocycles. The Labute approximate surface area is 223 Å². The number of β-lactam (4-membered cyclic amide) rings is 1. The van der Waals surface area contributed by atoms with Crippen LogP contribution in [0.3, 0.4) is 0 Å². The van der Waals surface area contributed by atoms with Crippen molar-refractivity contribution in [3.05, 3.63) is 58.2 Å². The summed E-state index contributed by atoms with van der Waals surface area (Å²) in [6.07, 6.45) is 5.49. The third kappa shape index (κ3) is 5.78. The minimum absolute atomic E-state index is 0.0654. The number of carboxylic acid groups (broad SMARTS) is 1. The number of fused-ring (bicyclic) bond motifs is 1. The quantitative estimate of drug-likeness (QED) is 0.127. The molecule has 2 aliphatic heterocycles. The van der Waals surface area contributed by atoms with Gasteiger partial charge in [-0.25, -0.2) is 14.2 Å². The van der Waals surface area contributed by atoms with Gasteiger partial charge in [-0.05, 0) is 12.1 Å². The van der Waals surface area contributed by atoms with Crippen LogP contribution in [0.4, 0.5) is 9.52 Å². The number of aromatic nitrogens is 2. The molecular weight excluding hydrogens is 543 g/mol. The molecule has 194 valence electrons. The number of pyridine rings is 1. The first-order valence-electron chi connectivity index (χ1n) is 10.8. The van der Waals surface area contributed by atoms with Crippen molar-refractivity contribution < 1.29 is 33.3 Å². The first kappa shape index (κ1) is 26.6. The van der Waals surface area contributed by atoms with E-state index in [1.165, 1.54) is 22.0 Å². The summed E-state index contributed by atoms with van der Waals surface area (Å²) in [7, 11) is 1.94. The van der Waals surface area contributed by atoms with Gasteiger partial charge in [0, 0.05) is 33.9 Å². The number of nitrogen functional groups attached to an aromatic ring is 1. The molecule has 0 aliphatic carbocycles. The summed E-state index contributed by atoms with van der Waals surface area (Å²) in [4.78, 5) is 47.8. The van der Waals surface area contributed by atoms with E-state index in [0.717, 1.165) is 16.4 Å². The number of halogens is 1. The van der Waals surface area contributed by atoms with Crippen molar-refractivity contribution in [2.45, 2.75) is 17.1 Å². The predicted octanol–water partition coefficient (Wildman–Crippen LogP) is 1.28. The monoisotopic (exact) mass is 565 g/mol. The van der Waals surface area contributed by atoms with Gasteiger partial charge in [0.1, 0.15) is 24.5 Å². The number of carbonyl (C=O) groups is 3. The van der Waals surface area contributed by atoms with E-state index in [1.54, 1.807) is 17.8 Å². The smallest absolute Gasteiger partial charge is 0.353 e. The van der Waals surface area contributed by atoms with Crippen LogP contribution >= 0.6 is 34.9 Å². The lowest BCUT2D eigenvalue weighted by Gasteiger charge is -2.49. The lowest BCUT2D eigenvalue weighted by atomic mass is 9.94. The Morgan fingerprint density at radius 3 is 2.97 bits per heavy atom. The SMILES string of the molecule is C[n+]1ccccc1SC/C=C/C1=C(C(=O)O)N2C(=O)C(NC(=O)C(=NOCF)c3csc(N)n3)C2CS1. The van der Waals surface area contributed by atoms with Crippen molar-refractivity contribution in [3.63, 3.8) is 0 Å². The maximum Gasteiger partial charge on any atom is 0.353 e. The van der Waals surface area contributed by atoms with Gasteiger partial charge in [-0.15, -0.1) is 23.1 Å². The van der Waals surface area contributed by atoms with E-state index in [9.17, 15) is 23.9 Å². The average Bonchev–Trinajstić information content (AvgIpc) is 3.31. The van der Waals surface area contributed by atoms with Gasteiger partial charge in [0.15, 0.2) is 17.0 Å². The number of thioether (sulfide) groups is 2. The largest absolute Gasteiger partial charge is 0.477 e. The van der Waals surface area contributed by atoms with Gasteiger partial charge in [-0.2, -0.15) is 4.57 Å². The first-order chi connectivity index (χ1) is 17.8. The fraction of sp³-hybridized carbons (Fsp3) is 0.273. The van der Waals surface area contributed by atoms with Gasteiger partial charge >= 0.3 is 5.97 Å². The summed E-state index contributed by atoms with van der Waals surface area (Å²) < 4.78 is 14.5. The van der Waals surface area contributed by atoms with Gasteiger partial charge in [0.25, 0.3) is 18.7 Å². The van der Waals surface area contributed by atoms with E-state index in [4.69, 9.17) is 5.73 Å². The molecule has 4 rings (SSSR count). The molecule has 2 aliphatic rings. The number of thiazole rings is 1. The number of oxime groups is 1. The second-order valence-corrected chi connectivity index (χ2v) is 10.7. The Morgan fingerprint density at radius 1 is 1.49 bits per heavy atom. The van der Waals surface area contributed by atoms with E-state index in [2.05, 4.69) is 20.3 Å². The highest BCUT2D eigenvalue weighted by Crippen LogP contribution is 2.39. The summed E-state index contributed by atoms with van der Waals surface area (Å²) in [5.74, 6) is -1.66. The number of amides is 2. The van der Waals surface area contributed by atoms with Crippen molar-refractivity contribution in [1.82, 2.24) is 15.2 Å². The lowest BCUT2D eigenvalue weighted by Crippen LogP contribution is -2.73. The number of rotatable bonds is 10. The van der Waals surface area contributed by atoms with E-state index in [0.29, 0.717) is 16.4 Å². The van der Waals surface area contributed by atoms with Crippen LogP contribution in [-0.4, -0.2) is 68.9 Å². The number of carbonyl (C=O) groups excluding carboxylic acids is 2. The first-order valence-corrected chi connectivity index (χ1v) is 13.6. The van der Waals surface area contributed by atoms with E-state index in [-0.39, 0.29) is 22.2 Å². The molecule has 2 amide bonds. The van der Waals surface area contributed by atoms with Crippen molar-refractivity contribution in [2.24, 2.45) is 12.2 Å². The van der Waals surface area contributed by atoms with Gasteiger partial charge in [0.2, 0.25) is 5.03 Å². The fourth-order valence-corrected chi connectivity index (χ4v) is 6.25. The standard InChI is InChI=1S/C22H21FN6O5S3/c1-28-7-3-2-6-15(28)35-8-4-5-14-18(21(32)33)29-13(10-36-14)17(20(29)31)26-19(30)16(27-34-11-23)12-9-37-22(24)25-12/h2-7,9,13,17H,8,10-11H2,1H3,(H3-,24,25,26,30,32,33)/p+1/b5-4+,27-16?. The molecule has 0 spiro atoms. The third-order valence-corrected chi connectivity index (χ3v) is 8.28. The Bertz CT molecular complexity index is 1310. The van der Waals surface area contributed by atoms with Crippen molar-refractivity contribution >= 4 is 63.5 Å². The van der Waals surface area contributed by atoms with Crippen LogP contribution in [0.15, 0.2) is 62.7 Å². The molecule has 2 aromatic heterocycles. The molecule has 0 saturated carbocycles. The minimum atomic E-state index is -1.27. The van der Waals surface area contributed by atoms with Gasteiger partial charge in [-0.3, -0.25) is 14.5 Å². The van der Waals surface area contributed by atoms with Crippen LogP contribution < -0.4 is 15.6 Å². The molecule has 2 unspecified atom stereocenters. The average molecular weight is 566 g/mol. The van der Waals surface area contributed by atoms with E-state index < -0.39 is 36.7 Å². The number of hydrogen-bond acceptors (Lipinski definition) is 10. The highest BCUT2D eigenvalue weighted by atomic mass is 32.2. The number of anilines is 1. The molecule has 37 heavy (non-hydrogen) atoms. The molecule has 1 saturated heterocycles. The molecule has 2 atom stereocenters. The second-order valence-electron chi connectivity index (χ2n) is 7.67. The van der Waals surface area contributed by atoms with Gasteiger partial charge < -0.3 is 21.0 Å². The summed E-state index contributed by atoms with van der Waals surface area (Å²) >= 11 is 3.93. The highest BCUT2D eigenvalue weighted by molar-refractivity contribution is 8.03. The molecule has 1 fully saturated rings. The van der Waals surface area contributed by atoms with Crippen molar-refractivity contribution in [3.8, 4) is 0 Å². The van der Waals surface area contributed by atoms with Crippen LogP contribution in [0.2, 0.25) is 0 Å². The molecule has 4 heterocycles. The number of aryl methyl sites for hydroxylation is 1. The molecule has 2 aromatic rings. The maximum atomic E-state index is 12.9. The number of hydrogen-bond donors (Lipinski definition) is 3. The third-order valence-electron chi connectivity index (χ3n) is 5.38. The van der Waals surface area contributed by atoms with Crippen LogP contribution in [0.1, 0.15) is 5.69 Å². The summed E-state index contributed by atoms with van der Waals surface area (Å²) in [6, 6.07) is 4.29. The number of alkyl halides is 1. The topological polar surface area (TPSA) is 151 Å². The minimum Gasteiger partial charge on any atom is -0.477 e. The zero-order valence-electron chi connectivity index (χ0n) is 19.4. The molecule has 11 nitrogen and oxygen atoms in total. The van der Waals surface area contributed by atoms with Crippen molar-refractivity contribution in [2.75, 3.05) is 24.1 Å². The zero-order chi connectivity index (χ0) is 26.5.